The van der Waals surface area contributed by atoms with Gasteiger partial charge >= 0.3 is 81.6 Å². The molecule has 93 valence electrons. The number of nitrogens with zero attached hydrogens (tertiary/aromatic N) is 15. The number of rotatable bonds is 7. The average molecular weight is 309 g/mol. The van der Waals surface area contributed by atoms with Gasteiger partial charge in [-0.3, -0.25) is 0 Å². The molecule has 0 spiro atoms. The van der Waals surface area contributed by atoms with Crippen molar-refractivity contribution in [1.29, 1.82) is 0 Å². The van der Waals surface area contributed by atoms with Crippen LogP contribution in [0.3, 0.4) is 0 Å². The molecule has 0 aliphatic carbocycles. The SMILES string of the molecule is N/N=N/N=N/N=N/N=N/N=N/N=N/N=N/N=[S]=[V]. The third-order valence-corrected chi connectivity index (χ3v) is 1.09. The first-order valence-corrected chi connectivity index (χ1v) is 5.86. The fourth-order valence-corrected chi connectivity index (χ4v) is 0.471. The van der Waals surface area contributed by atoms with Crippen molar-refractivity contribution in [2.24, 2.45) is 83.4 Å². The summed E-state index contributed by atoms with van der Waals surface area (Å²) in [6.07, 6.45) is 0. The summed E-state index contributed by atoms with van der Waals surface area (Å²) in [6.45, 7) is 0. The van der Waals surface area contributed by atoms with Gasteiger partial charge in [0.1, 0.15) is 0 Å². The van der Waals surface area contributed by atoms with Crippen LogP contribution in [0.5, 0.6) is 0 Å². The summed E-state index contributed by atoms with van der Waals surface area (Å²) in [4.78, 5) is 0. The molecule has 0 aliphatic rings. The van der Waals surface area contributed by atoms with Crippen LogP contribution in [-0.2, 0) is 24.9 Å². The van der Waals surface area contributed by atoms with Crippen molar-refractivity contribution in [3.8, 4) is 0 Å². The van der Waals surface area contributed by atoms with Crippen molar-refractivity contribution in [3.05, 3.63) is 0 Å². The molecular formula is H2N16SV. The number of nitrogens with two attached hydrogens (primary N) is 1. The third kappa shape index (κ3) is 13.6. The van der Waals surface area contributed by atoms with Gasteiger partial charge in [-0.1, -0.05) is 5.22 Å². The van der Waals surface area contributed by atoms with Crippen molar-refractivity contribution in [3.63, 3.8) is 0 Å². The molecule has 2 N–H and O–H groups in total. The molecule has 0 amide bonds. The zero-order valence-electron chi connectivity index (χ0n) is 8.14. The fourth-order valence-electron chi connectivity index (χ4n) is 0.253. The normalized spacial score (nSPS) is 13.5. The Hall–Kier alpha value is -2.40. The van der Waals surface area contributed by atoms with Crippen molar-refractivity contribution in [2.75, 3.05) is 0 Å². The summed E-state index contributed by atoms with van der Waals surface area (Å²) in [5, 5.41) is 42.0. The molecule has 18 heteroatoms. The molecule has 0 heterocycles. The number of hydrogen-bond donors (Lipinski definition) is 1. The molecule has 0 bridgehead atoms. The molecule has 0 aromatic rings. The Morgan fingerprint density at radius 3 is 1.22 bits per heavy atom. The summed E-state index contributed by atoms with van der Waals surface area (Å²) < 4.78 is 3.37. The minimum atomic E-state index is 1.04. The van der Waals surface area contributed by atoms with E-state index < -0.39 is 0 Å². The maximum absolute atomic E-state index is 4.60. The Morgan fingerprint density at radius 2 is 0.889 bits per heavy atom. The van der Waals surface area contributed by atoms with Gasteiger partial charge in [-0.15, -0.1) is 0 Å². The van der Waals surface area contributed by atoms with E-state index in [2.05, 4.69) is 99.2 Å². The van der Waals surface area contributed by atoms with E-state index in [9.17, 15) is 0 Å². The molecule has 0 saturated heterocycles. The molecule has 0 saturated carbocycles. The Kier molecular flexibility index (Phi) is 12.7. The monoisotopic (exact) mass is 309 g/mol. The van der Waals surface area contributed by atoms with E-state index in [0.29, 0.717) is 0 Å². The van der Waals surface area contributed by atoms with Crippen LogP contribution < -0.4 is 5.84 Å². The quantitative estimate of drug-likeness (QED) is 0.417. The topological polar surface area (TPSA) is 211 Å². The molecule has 0 aromatic heterocycles. The Morgan fingerprint density at radius 1 is 0.556 bits per heavy atom. The van der Waals surface area contributed by atoms with Gasteiger partial charge in [0, 0.05) is 0 Å². The first-order chi connectivity index (χ1) is 8.91. The molecule has 0 rings (SSSR count). The van der Waals surface area contributed by atoms with Crippen LogP contribution in [0.2, 0.25) is 0 Å². The Bertz CT molecular complexity index is 440. The van der Waals surface area contributed by atoms with Crippen molar-refractivity contribution < 1.29 is 15.7 Å². The van der Waals surface area contributed by atoms with Crippen LogP contribution in [-0.4, -0.2) is 0 Å². The van der Waals surface area contributed by atoms with Gasteiger partial charge < -0.3 is 5.84 Å². The van der Waals surface area contributed by atoms with Crippen LogP contribution in [0, 0.1) is 0 Å². The van der Waals surface area contributed by atoms with Gasteiger partial charge in [-0.05, 0) is 15.7 Å². The average Bonchev–Trinajstić information content (AvgIpc) is 2.39. The molecule has 0 aliphatic heterocycles. The van der Waals surface area contributed by atoms with E-state index >= 15 is 0 Å². The van der Waals surface area contributed by atoms with Crippen molar-refractivity contribution in [2.45, 2.75) is 0 Å². The molecule has 0 radical (unpaired) electrons. The maximum atomic E-state index is 4.60. The van der Waals surface area contributed by atoms with Gasteiger partial charge in [0.15, 0.2) is 0 Å². The van der Waals surface area contributed by atoms with E-state index in [1.165, 1.54) is 0 Å². The van der Waals surface area contributed by atoms with Crippen LogP contribution in [0.25, 0.3) is 0 Å². The van der Waals surface area contributed by atoms with Crippen molar-refractivity contribution >= 4 is 9.21 Å². The molecule has 0 fully saturated rings. The van der Waals surface area contributed by atoms with Gasteiger partial charge in [-0.25, -0.2) is 0 Å². The third-order valence-electron chi connectivity index (χ3n) is 0.605. The summed E-state index contributed by atoms with van der Waals surface area (Å²) in [7, 11) is 1.04. The zero-order valence-corrected chi connectivity index (χ0v) is 10.4. The van der Waals surface area contributed by atoms with Crippen molar-refractivity contribution in [1.82, 2.24) is 0 Å². The summed E-state index contributed by atoms with van der Waals surface area (Å²) in [5.74, 6) is 4.60. The predicted octanol–water partition coefficient (Wildman–Crippen LogP) is 2.16. The van der Waals surface area contributed by atoms with E-state index in [1.807, 2.05) is 0 Å². The molecule has 0 unspecified atom stereocenters. The van der Waals surface area contributed by atoms with Crippen LogP contribution in [0.1, 0.15) is 0 Å². The van der Waals surface area contributed by atoms with E-state index in [-0.39, 0.29) is 0 Å². The first-order valence-electron chi connectivity index (χ1n) is 3.42. The predicted molar refractivity (Wildman–Crippen MR) is 48.0 cm³/mol. The van der Waals surface area contributed by atoms with Crippen LogP contribution >= 0.6 is 0 Å². The molecule has 0 aromatic carbocycles. The Balaban J connectivity index is 3.84. The Labute approximate surface area is 109 Å². The van der Waals surface area contributed by atoms with Crippen LogP contribution in [0.4, 0.5) is 0 Å². The summed E-state index contributed by atoms with van der Waals surface area (Å²) in [5.41, 5.74) is 0. The second-order valence-electron chi connectivity index (χ2n) is 1.44. The van der Waals surface area contributed by atoms with E-state index in [4.69, 9.17) is 0 Å². The molecule has 16 nitrogen and oxygen atoms in total. The number of hydrogen-bond acceptors (Lipinski definition) is 1. The van der Waals surface area contributed by atoms with Gasteiger partial charge in [0.2, 0.25) is 0 Å². The van der Waals surface area contributed by atoms with Gasteiger partial charge in [0.25, 0.3) is 0 Å². The summed E-state index contributed by atoms with van der Waals surface area (Å²) in [6, 6.07) is 0. The van der Waals surface area contributed by atoms with Gasteiger partial charge in [-0.2, -0.15) is 0 Å². The van der Waals surface area contributed by atoms with Crippen LogP contribution in [0.15, 0.2) is 77.6 Å². The minimum absolute atomic E-state index is 1.04. The second-order valence-corrected chi connectivity index (χ2v) is 2.53. The van der Waals surface area contributed by atoms with E-state index in [0.717, 1.165) is 9.21 Å². The second kappa shape index (κ2) is 14.6. The molecule has 18 heavy (non-hydrogen) atoms. The zero-order chi connectivity index (χ0) is 13.3. The first kappa shape index (κ1) is 15.6. The fraction of sp³-hybridized carbons (Fsp3) is 0. The van der Waals surface area contributed by atoms with E-state index in [1.54, 1.807) is 0 Å². The molecular weight excluding hydrogens is 307 g/mol. The van der Waals surface area contributed by atoms with Gasteiger partial charge in [0.05, 0.1) is 0 Å². The summed E-state index contributed by atoms with van der Waals surface area (Å²) >= 11 is 2.10. The molecule has 0 atom stereocenters. The standard InChI is InChI=1S/H2N16S.V/c1-2-3-4-5-6-7-8-9-10-11-12-13-14-15-16-17;/h(H2,1,3,5,7,9,11,13,15,17);.